The zero-order chi connectivity index (χ0) is 21.8. The lowest BCUT2D eigenvalue weighted by Gasteiger charge is -2.37. The fourth-order valence-electron chi connectivity index (χ4n) is 4.07. The maximum atomic E-state index is 12.7. The van der Waals surface area contributed by atoms with Crippen LogP contribution in [0.5, 0.6) is 0 Å². The van der Waals surface area contributed by atoms with Crippen molar-refractivity contribution >= 4 is 22.7 Å². The number of allylic oxidation sites excluding steroid dienone is 1. The molecule has 1 aliphatic rings. The molecule has 1 aromatic carbocycles. The fraction of sp³-hybridized carbons (Fsp3) is 0.478. The number of hydrogen-bond acceptors (Lipinski definition) is 5. The number of rotatable bonds is 7. The van der Waals surface area contributed by atoms with E-state index in [1.165, 1.54) is 11.8 Å². The molecule has 1 amide bonds. The van der Waals surface area contributed by atoms with E-state index in [2.05, 4.69) is 0 Å². The molecule has 0 radical (unpaired) electrons. The van der Waals surface area contributed by atoms with Gasteiger partial charge in [-0.25, -0.2) is 0 Å². The Hall–Kier alpha value is -2.64. The number of carbonyl (C=O) groups is 2. The van der Waals surface area contributed by atoms with Crippen LogP contribution >= 0.6 is 0 Å². The molecule has 0 saturated carbocycles. The van der Waals surface area contributed by atoms with Gasteiger partial charge in [-0.1, -0.05) is 18.2 Å². The third kappa shape index (κ3) is 4.27. The number of ether oxygens (including phenoxy) is 2. The van der Waals surface area contributed by atoms with Crippen LogP contribution < -0.4 is 0 Å². The first-order valence-corrected chi connectivity index (χ1v) is 10.3. The Balaban J connectivity index is 2.18. The summed E-state index contributed by atoms with van der Waals surface area (Å²) in [5.74, 6) is -0.386. The predicted molar refractivity (Wildman–Crippen MR) is 114 cm³/mol. The number of aromatic nitrogens is 1. The summed E-state index contributed by atoms with van der Waals surface area (Å²) in [6, 6.07) is 7.74. The molecule has 7 heteroatoms. The number of benzene rings is 1. The van der Waals surface area contributed by atoms with Crippen molar-refractivity contribution in [3.63, 3.8) is 0 Å². The maximum Gasteiger partial charge on any atom is 0.288 e. The third-order valence-corrected chi connectivity index (χ3v) is 5.47. The summed E-state index contributed by atoms with van der Waals surface area (Å²) >= 11 is 0. The third-order valence-electron chi connectivity index (χ3n) is 5.47. The van der Waals surface area contributed by atoms with Crippen LogP contribution in [0, 0.1) is 5.92 Å². The van der Waals surface area contributed by atoms with Crippen LogP contribution in [-0.4, -0.2) is 60.0 Å². The summed E-state index contributed by atoms with van der Waals surface area (Å²) in [7, 11) is 3.35. The monoisotopic (exact) mass is 414 g/mol. The van der Waals surface area contributed by atoms with Gasteiger partial charge in [0.15, 0.2) is 5.76 Å². The van der Waals surface area contributed by atoms with Crippen molar-refractivity contribution in [1.29, 1.82) is 0 Å². The van der Waals surface area contributed by atoms with Crippen LogP contribution in [0.15, 0.2) is 42.3 Å². The Morgan fingerprint density at radius 1 is 1.27 bits per heavy atom. The normalized spacial score (nSPS) is 21.2. The van der Waals surface area contributed by atoms with Gasteiger partial charge in [0.1, 0.15) is 0 Å². The number of para-hydroxylation sites is 1. The first kappa shape index (κ1) is 22.1. The molecule has 0 aliphatic carbocycles. The number of fused-ring (bicyclic) bond motifs is 1. The van der Waals surface area contributed by atoms with Crippen LogP contribution in [0.2, 0.25) is 0 Å². The van der Waals surface area contributed by atoms with E-state index < -0.39 is 6.29 Å². The Morgan fingerprint density at radius 2 is 2.00 bits per heavy atom. The van der Waals surface area contributed by atoms with E-state index in [1.54, 1.807) is 18.7 Å². The fourth-order valence-corrected chi connectivity index (χ4v) is 4.07. The van der Waals surface area contributed by atoms with Crippen LogP contribution in [0.4, 0.5) is 0 Å². The Bertz CT molecular complexity index is 946. The highest BCUT2D eigenvalue weighted by molar-refractivity contribution is 5.95. The van der Waals surface area contributed by atoms with E-state index >= 15 is 0 Å². The number of nitrogens with zero attached hydrogens (tertiary/aromatic N) is 2. The number of aliphatic hydroxyl groups excluding tert-OH is 1. The molecule has 1 N–H and O–H groups in total. The van der Waals surface area contributed by atoms with Crippen molar-refractivity contribution in [2.24, 2.45) is 5.92 Å². The molecule has 2 heterocycles. The van der Waals surface area contributed by atoms with Crippen LogP contribution in [0.3, 0.4) is 0 Å². The molecule has 162 valence electrons. The average molecular weight is 415 g/mol. The number of hydrogen-bond donors (Lipinski definition) is 1. The molecule has 3 atom stereocenters. The second kappa shape index (κ2) is 9.45. The molecule has 0 saturated heterocycles. The second-order valence-electron chi connectivity index (χ2n) is 7.72. The molecule has 1 aromatic heterocycles. The smallest absolute Gasteiger partial charge is 0.288 e. The lowest BCUT2D eigenvalue weighted by molar-refractivity contribution is -0.169. The average Bonchev–Trinajstić information content (AvgIpc) is 3.12. The van der Waals surface area contributed by atoms with Gasteiger partial charge < -0.3 is 19.5 Å². The van der Waals surface area contributed by atoms with Gasteiger partial charge in [0, 0.05) is 57.7 Å². The van der Waals surface area contributed by atoms with Crippen molar-refractivity contribution in [2.75, 3.05) is 27.3 Å². The molecule has 0 unspecified atom stereocenters. The number of likely N-dealkylation sites (N-methyl/N-ethyl adjacent to an activating group) is 1. The van der Waals surface area contributed by atoms with E-state index in [0.717, 1.165) is 16.5 Å². The topological polar surface area (TPSA) is 81.0 Å². The van der Waals surface area contributed by atoms with Gasteiger partial charge in [0.05, 0.1) is 5.52 Å². The maximum absolute atomic E-state index is 12.7. The Morgan fingerprint density at radius 3 is 2.63 bits per heavy atom. The summed E-state index contributed by atoms with van der Waals surface area (Å²) in [5.41, 5.74) is 1.77. The minimum atomic E-state index is -0.616. The lowest BCUT2D eigenvalue weighted by atomic mass is 9.80. The van der Waals surface area contributed by atoms with Crippen LogP contribution in [-0.2, 0) is 14.3 Å². The number of carbonyl (C=O) groups excluding carboxylic acids is 2. The van der Waals surface area contributed by atoms with Crippen molar-refractivity contribution < 1.29 is 24.2 Å². The van der Waals surface area contributed by atoms with E-state index in [4.69, 9.17) is 9.47 Å². The summed E-state index contributed by atoms with van der Waals surface area (Å²) in [5, 5.41) is 10.4. The largest absolute Gasteiger partial charge is 0.459 e. The zero-order valence-electron chi connectivity index (χ0n) is 18.0. The van der Waals surface area contributed by atoms with E-state index in [1.807, 2.05) is 43.5 Å². The molecule has 3 rings (SSSR count). The summed E-state index contributed by atoms with van der Waals surface area (Å²) in [6.45, 7) is 3.91. The van der Waals surface area contributed by atoms with Crippen molar-refractivity contribution in [3.8, 4) is 0 Å². The molecule has 7 nitrogen and oxygen atoms in total. The Labute approximate surface area is 176 Å². The summed E-state index contributed by atoms with van der Waals surface area (Å²) < 4.78 is 13.5. The van der Waals surface area contributed by atoms with Crippen LogP contribution in [0.25, 0.3) is 10.9 Å². The van der Waals surface area contributed by atoms with E-state index in [9.17, 15) is 14.7 Å². The molecule has 1 aliphatic heterocycles. The van der Waals surface area contributed by atoms with Gasteiger partial charge in [0.2, 0.25) is 12.2 Å². The minimum Gasteiger partial charge on any atom is -0.459 e. The van der Waals surface area contributed by atoms with Crippen molar-refractivity contribution in [3.05, 3.63) is 47.9 Å². The molecule has 2 aromatic rings. The van der Waals surface area contributed by atoms with E-state index in [-0.39, 0.29) is 36.0 Å². The van der Waals surface area contributed by atoms with Gasteiger partial charge >= 0.3 is 0 Å². The van der Waals surface area contributed by atoms with Gasteiger partial charge in [-0.15, -0.1) is 0 Å². The minimum absolute atomic E-state index is 0.0600. The highest BCUT2D eigenvalue weighted by Gasteiger charge is 2.39. The zero-order valence-corrected chi connectivity index (χ0v) is 18.0. The van der Waals surface area contributed by atoms with E-state index in [0.29, 0.717) is 19.4 Å². The van der Waals surface area contributed by atoms with Gasteiger partial charge in [-0.3, -0.25) is 14.2 Å². The SMILES string of the molecule is CCO[C@H]1OC(C(=O)N(C)C)=C[C@@H](c2cn(C(C)=O)c3ccccc23)[C@@H]1CCCO. The first-order valence-electron chi connectivity index (χ1n) is 10.3. The Kier molecular flexibility index (Phi) is 6.95. The molecule has 30 heavy (non-hydrogen) atoms. The molecular weight excluding hydrogens is 384 g/mol. The number of aliphatic hydroxyl groups is 1. The molecule has 0 bridgehead atoms. The molecule has 0 spiro atoms. The van der Waals surface area contributed by atoms with Gasteiger partial charge in [-0.2, -0.15) is 0 Å². The summed E-state index contributed by atoms with van der Waals surface area (Å²) in [6.07, 6.45) is 4.32. The van der Waals surface area contributed by atoms with Gasteiger partial charge in [0.25, 0.3) is 5.91 Å². The summed E-state index contributed by atoms with van der Waals surface area (Å²) in [4.78, 5) is 26.4. The van der Waals surface area contributed by atoms with Crippen molar-refractivity contribution in [1.82, 2.24) is 9.47 Å². The quantitative estimate of drug-likeness (QED) is 0.753. The molecular formula is C23H30N2O5. The highest BCUT2D eigenvalue weighted by Crippen LogP contribution is 2.42. The van der Waals surface area contributed by atoms with Gasteiger partial charge in [-0.05, 0) is 37.5 Å². The molecule has 0 fully saturated rings. The lowest BCUT2D eigenvalue weighted by Crippen LogP contribution is -2.38. The van der Waals surface area contributed by atoms with Crippen LogP contribution in [0.1, 0.15) is 43.0 Å². The van der Waals surface area contributed by atoms with Crippen molar-refractivity contribution in [2.45, 2.75) is 38.9 Å². The number of amides is 1. The predicted octanol–water partition coefficient (Wildman–Crippen LogP) is 3.14. The standard InChI is InChI=1S/C23H30N2O5/c1-5-29-23-17(10-8-12-26)18(13-21(30-23)22(28)24(3)4)19-14-25(15(2)27)20-11-7-6-9-16(19)20/h6-7,9,11,13-14,17-18,23,26H,5,8,10,12H2,1-4H3/t17-,18+,23-/m0/s1. The highest BCUT2D eigenvalue weighted by atomic mass is 16.7. The second-order valence-corrected chi connectivity index (χ2v) is 7.72. The first-order chi connectivity index (χ1) is 14.4.